The van der Waals surface area contributed by atoms with E-state index in [4.69, 9.17) is 16.6 Å². The van der Waals surface area contributed by atoms with Crippen molar-refractivity contribution in [1.29, 1.82) is 0 Å². The number of rotatable bonds is 11. The second-order valence-corrected chi connectivity index (χ2v) is 15.7. The molecule has 4 aromatic carbocycles. The number of fused-ring (bicyclic) bond motifs is 2. The van der Waals surface area contributed by atoms with Gasteiger partial charge in [-0.15, -0.1) is 4.33 Å². The van der Waals surface area contributed by atoms with E-state index in [1.807, 2.05) is 20.8 Å². The molecular formula is C34H27N3O12S3. The van der Waals surface area contributed by atoms with Crippen molar-refractivity contribution in [3.8, 4) is 22.6 Å². The molecule has 0 amide bonds. The monoisotopic (exact) mass is 765 g/mol. The van der Waals surface area contributed by atoms with E-state index in [9.17, 15) is 35.5 Å². The van der Waals surface area contributed by atoms with Gasteiger partial charge in [-0.05, 0) is 53.3 Å². The predicted octanol–water partition coefficient (Wildman–Crippen LogP) is 7.44. The Morgan fingerprint density at radius 1 is 0.904 bits per heavy atom. The Morgan fingerprint density at radius 3 is 2.25 bits per heavy atom. The first kappa shape index (κ1) is 36.7. The summed E-state index contributed by atoms with van der Waals surface area (Å²) in [5, 5.41) is 15.5. The smallest absolute Gasteiger partial charge is 0.298 e. The van der Waals surface area contributed by atoms with Crippen molar-refractivity contribution in [2.75, 3.05) is 5.32 Å². The average Bonchev–Trinajstić information content (AvgIpc) is 3.09. The molecule has 1 aliphatic carbocycles. The first-order valence-electron chi connectivity index (χ1n) is 15.1. The SMILES string of the molecule is [C-]#[N+]c1c2c3c(c(Nc4ccc(S(=O)(=O)O)cc4SOOO)cc(Oc4ccc(C(C)(C)CC)cc4S(=O)(=O)O)c3[nH]c1=O)C(=O)c1ccccc1-2. The van der Waals surface area contributed by atoms with Gasteiger partial charge < -0.3 is 15.0 Å². The zero-order chi connectivity index (χ0) is 37.7. The maximum atomic E-state index is 14.3. The maximum Gasteiger partial charge on any atom is 0.298 e. The number of anilines is 2. The van der Waals surface area contributed by atoms with Gasteiger partial charge in [0.1, 0.15) is 10.6 Å². The molecule has 268 valence electrons. The van der Waals surface area contributed by atoms with Crippen LogP contribution >= 0.6 is 12.0 Å². The van der Waals surface area contributed by atoms with Gasteiger partial charge >= 0.3 is 0 Å². The number of ketones is 1. The Labute approximate surface area is 300 Å². The molecule has 0 saturated carbocycles. The summed E-state index contributed by atoms with van der Waals surface area (Å²) in [4.78, 5) is 32.6. The lowest BCUT2D eigenvalue weighted by atomic mass is 9.82. The molecule has 15 nitrogen and oxygen atoms in total. The van der Waals surface area contributed by atoms with Gasteiger partial charge in [-0.1, -0.05) is 56.1 Å². The quantitative estimate of drug-likeness (QED) is 0.0284. The number of H-pyrrole nitrogens is 1. The van der Waals surface area contributed by atoms with Crippen LogP contribution in [-0.4, -0.2) is 42.0 Å². The summed E-state index contributed by atoms with van der Waals surface area (Å²) in [6.45, 7) is 13.6. The highest BCUT2D eigenvalue weighted by Crippen LogP contribution is 2.49. The van der Waals surface area contributed by atoms with Crippen molar-refractivity contribution in [2.45, 2.75) is 47.3 Å². The van der Waals surface area contributed by atoms with Crippen molar-refractivity contribution in [3.63, 3.8) is 0 Å². The van der Waals surface area contributed by atoms with Gasteiger partial charge in [-0.25, -0.2) is 10.1 Å². The Kier molecular flexibility index (Phi) is 9.50. The van der Waals surface area contributed by atoms with Crippen LogP contribution in [0.5, 0.6) is 11.5 Å². The highest BCUT2D eigenvalue weighted by Gasteiger charge is 2.34. The molecule has 0 radical (unpaired) electrons. The van der Waals surface area contributed by atoms with Crippen LogP contribution < -0.4 is 15.6 Å². The standard InChI is InChI=1S/C34H27N3O12S3/c1-5-34(2,3)17-10-13-23(26(14-17)52(44,45)46)47-24-16-22(36-21-12-11-18(51(41,42)43)15-25(21)50-49-48-40)28-29-27(31(35-4)33(39)37-30(24)29)19-8-6-7-9-20(19)32(28)38/h6-16,36,40H,5H2,1-3H3,(H,37,39)(H,41,42,43)(H,44,45,46). The molecule has 1 heterocycles. The van der Waals surface area contributed by atoms with E-state index in [-0.39, 0.29) is 66.6 Å². The number of benzene rings is 4. The molecule has 0 atom stereocenters. The van der Waals surface area contributed by atoms with Crippen molar-refractivity contribution >= 4 is 66.0 Å². The molecular weight excluding hydrogens is 739 g/mol. The molecule has 0 bridgehead atoms. The van der Waals surface area contributed by atoms with Crippen LogP contribution in [-0.2, 0) is 35.0 Å². The maximum absolute atomic E-state index is 14.3. The molecule has 0 saturated heterocycles. The minimum atomic E-state index is -4.89. The van der Waals surface area contributed by atoms with Crippen molar-refractivity contribution in [1.82, 2.24) is 4.98 Å². The molecule has 0 aliphatic heterocycles. The zero-order valence-corrected chi connectivity index (χ0v) is 29.7. The van der Waals surface area contributed by atoms with E-state index < -0.39 is 46.8 Å². The molecule has 6 rings (SSSR count). The van der Waals surface area contributed by atoms with Crippen LogP contribution in [0.25, 0.3) is 26.9 Å². The molecule has 1 aromatic heterocycles. The molecule has 1 aliphatic rings. The minimum Gasteiger partial charge on any atom is -0.454 e. The first-order chi connectivity index (χ1) is 24.5. The highest BCUT2D eigenvalue weighted by atomic mass is 32.2. The number of aromatic nitrogens is 1. The van der Waals surface area contributed by atoms with Gasteiger partial charge in [0, 0.05) is 22.6 Å². The largest absolute Gasteiger partial charge is 0.454 e. The van der Waals surface area contributed by atoms with E-state index in [1.54, 1.807) is 24.3 Å². The van der Waals surface area contributed by atoms with Crippen LogP contribution in [0, 0.1) is 6.57 Å². The number of pyridine rings is 1. The van der Waals surface area contributed by atoms with E-state index in [1.165, 1.54) is 30.3 Å². The fraction of sp³-hybridized carbons (Fsp3) is 0.147. The van der Waals surface area contributed by atoms with Crippen LogP contribution in [0.4, 0.5) is 17.1 Å². The molecule has 52 heavy (non-hydrogen) atoms. The van der Waals surface area contributed by atoms with Crippen LogP contribution in [0.15, 0.2) is 86.2 Å². The topological polar surface area (TPSA) is 223 Å². The molecule has 5 N–H and O–H groups in total. The Bertz CT molecular complexity index is 2650. The van der Waals surface area contributed by atoms with Gasteiger partial charge in [-0.3, -0.25) is 18.7 Å². The first-order valence-corrected chi connectivity index (χ1v) is 18.7. The number of ether oxygens (including phenoxy) is 1. The fourth-order valence-corrected chi connectivity index (χ4v) is 7.53. The number of hydrogen-bond acceptors (Lipinski definition) is 12. The number of hydrogen-bond donors (Lipinski definition) is 5. The summed E-state index contributed by atoms with van der Waals surface area (Å²) in [6.07, 6.45) is 0.628. The summed E-state index contributed by atoms with van der Waals surface area (Å²) in [5.74, 6) is -1.09. The third-order valence-electron chi connectivity index (χ3n) is 8.79. The molecule has 0 spiro atoms. The van der Waals surface area contributed by atoms with Gasteiger partial charge in [0.2, 0.25) is 0 Å². The molecule has 18 heteroatoms. The number of nitrogens with one attached hydrogen (secondary N) is 2. The Balaban J connectivity index is 1.68. The summed E-state index contributed by atoms with van der Waals surface area (Å²) in [5.41, 5.74) is -0.678. The number of carbonyl (C=O) groups excluding carboxylic acids is 1. The second-order valence-electron chi connectivity index (χ2n) is 12.2. The van der Waals surface area contributed by atoms with Crippen molar-refractivity contribution in [2.24, 2.45) is 0 Å². The lowest BCUT2D eigenvalue weighted by Crippen LogP contribution is -2.18. The second kappa shape index (κ2) is 13.5. The number of nitrogens with zero attached hydrogens (tertiary/aromatic N) is 1. The van der Waals surface area contributed by atoms with Crippen LogP contribution in [0.3, 0.4) is 0 Å². The number of aromatic amines is 1. The molecule has 5 aromatic rings. The van der Waals surface area contributed by atoms with Gasteiger partial charge in [0.25, 0.3) is 31.5 Å². The van der Waals surface area contributed by atoms with E-state index in [0.29, 0.717) is 24.0 Å². The number of carbonyl (C=O) groups is 1. The zero-order valence-electron chi connectivity index (χ0n) is 27.2. The van der Waals surface area contributed by atoms with Crippen molar-refractivity contribution in [3.05, 3.63) is 105 Å². The summed E-state index contributed by atoms with van der Waals surface area (Å²) >= 11 is 0.336. The third-order valence-corrected chi connectivity index (χ3v) is 11.2. The predicted molar refractivity (Wildman–Crippen MR) is 190 cm³/mol. The molecule has 0 fully saturated rings. The van der Waals surface area contributed by atoms with Crippen LogP contribution in [0.1, 0.15) is 48.7 Å². The minimum absolute atomic E-state index is 0.0326. The van der Waals surface area contributed by atoms with Gasteiger partial charge in [0.15, 0.2) is 11.5 Å². The van der Waals surface area contributed by atoms with E-state index in [2.05, 4.69) is 24.5 Å². The highest BCUT2D eigenvalue weighted by molar-refractivity contribution is 7.94. The normalized spacial score (nSPS) is 12.8. The fourth-order valence-electron chi connectivity index (χ4n) is 5.82. The third kappa shape index (κ3) is 6.55. The van der Waals surface area contributed by atoms with Crippen LogP contribution in [0.2, 0.25) is 0 Å². The average molecular weight is 766 g/mol. The Hall–Kier alpha value is -5.10. The Morgan fingerprint density at radius 2 is 1.62 bits per heavy atom. The summed E-state index contributed by atoms with van der Waals surface area (Å²) in [6, 6.07) is 15.1. The summed E-state index contributed by atoms with van der Waals surface area (Å²) in [7, 11) is -9.60. The lowest BCUT2D eigenvalue weighted by molar-refractivity contribution is -0.432. The van der Waals surface area contributed by atoms with Gasteiger partial charge in [-0.2, -0.15) is 16.8 Å². The lowest BCUT2D eigenvalue weighted by Gasteiger charge is -2.26. The molecule has 0 unspecified atom stereocenters. The summed E-state index contributed by atoms with van der Waals surface area (Å²) < 4.78 is 79.9. The van der Waals surface area contributed by atoms with Crippen molar-refractivity contribution < 1.29 is 50.1 Å². The van der Waals surface area contributed by atoms with E-state index >= 15 is 0 Å². The van der Waals surface area contributed by atoms with E-state index in [0.717, 1.165) is 12.1 Å². The van der Waals surface area contributed by atoms with Gasteiger partial charge in [0.05, 0.1) is 50.9 Å².